The number of nitrogens with zero attached hydrogens (tertiary/aromatic N) is 1. The fourth-order valence-corrected chi connectivity index (χ4v) is 3.63. The van der Waals surface area contributed by atoms with Crippen LogP contribution in [0, 0.1) is 5.92 Å². The molecule has 0 spiro atoms. The molecule has 1 unspecified atom stereocenters. The molecule has 1 atom stereocenters. The lowest BCUT2D eigenvalue weighted by atomic mass is 9.91. The monoisotopic (exact) mass is 289 g/mol. The predicted molar refractivity (Wildman–Crippen MR) is 81.4 cm³/mol. The molecule has 1 saturated carbocycles. The summed E-state index contributed by atoms with van der Waals surface area (Å²) in [5, 5.41) is 10.2. The maximum atomic E-state index is 11.1. The summed E-state index contributed by atoms with van der Waals surface area (Å²) in [5.74, 6) is 0.435. The first-order valence-corrected chi connectivity index (χ1v) is 7.98. The third-order valence-corrected chi connectivity index (χ3v) is 5.27. The van der Waals surface area contributed by atoms with Gasteiger partial charge < -0.3 is 5.11 Å². The number of aliphatic carboxylic acids is 1. The van der Waals surface area contributed by atoms with Crippen LogP contribution in [-0.2, 0) is 4.79 Å². The molecule has 0 saturated heterocycles. The molecule has 2 aromatic rings. The first-order chi connectivity index (χ1) is 9.54. The van der Waals surface area contributed by atoms with Crippen molar-refractivity contribution in [3.05, 3.63) is 28.8 Å². The highest BCUT2D eigenvalue weighted by Crippen LogP contribution is 2.45. The van der Waals surface area contributed by atoms with Crippen LogP contribution in [0.1, 0.15) is 55.5 Å². The van der Waals surface area contributed by atoms with E-state index < -0.39 is 5.97 Å². The lowest BCUT2D eigenvalue weighted by Crippen LogP contribution is -2.08. The molecule has 0 bridgehead atoms. The lowest BCUT2D eigenvalue weighted by Gasteiger charge is -2.14. The number of carbonyl (C=O) groups is 1. The summed E-state index contributed by atoms with van der Waals surface area (Å²) in [5.41, 5.74) is 2.16. The number of thiazole rings is 1. The SMILES string of the molecule is CC(C)c1nc2cc(C(CC(=O)O)C3CC3)ccc2s1. The van der Waals surface area contributed by atoms with E-state index in [1.165, 1.54) is 4.70 Å². The van der Waals surface area contributed by atoms with Gasteiger partial charge in [-0.25, -0.2) is 4.98 Å². The molecule has 1 heterocycles. The molecular weight excluding hydrogens is 270 g/mol. The van der Waals surface area contributed by atoms with Crippen molar-refractivity contribution in [2.75, 3.05) is 0 Å². The average Bonchev–Trinajstić information content (AvgIpc) is 3.13. The van der Waals surface area contributed by atoms with E-state index in [1.54, 1.807) is 11.3 Å². The maximum absolute atomic E-state index is 11.1. The number of carboxylic acids is 1. The van der Waals surface area contributed by atoms with E-state index >= 15 is 0 Å². The molecule has 3 rings (SSSR count). The van der Waals surface area contributed by atoms with Gasteiger partial charge in [-0.15, -0.1) is 11.3 Å². The standard InChI is InChI=1S/C16H19NO2S/c1-9(2)16-17-13-7-11(5-6-14(13)20-16)12(8-15(18)19)10-3-4-10/h5-7,9-10,12H,3-4,8H2,1-2H3,(H,18,19). The normalized spacial score (nSPS) is 16.8. The second-order valence-electron chi connectivity index (χ2n) is 5.98. The summed E-state index contributed by atoms with van der Waals surface area (Å²) in [6, 6.07) is 6.30. The summed E-state index contributed by atoms with van der Waals surface area (Å²) < 4.78 is 1.20. The molecular formula is C16H19NO2S. The van der Waals surface area contributed by atoms with E-state index in [0.29, 0.717) is 11.8 Å². The van der Waals surface area contributed by atoms with Gasteiger partial charge in [0.1, 0.15) is 0 Å². The van der Waals surface area contributed by atoms with Gasteiger partial charge in [0.2, 0.25) is 0 Å². The molecule has 1 aliphatic rings. The van der Waals surface area contributed by atoms with Crippen molar-refractivity contribution in [1.29, 1.82) is 0 Å². The van der Waals surface area contributed by atoms with Gasteiger partial charge in [-0.2, -0.15) is 0 Å². The Bertz CT molecular complexity index is 643. The zero-order chi connectivity index (χ0) is 14.3. The molecule has 1 fully saturated rings. The van der Waals surface area contributed by atoms with E-state index in [0.717, 1.165) is 28.9 Å². The fraction of sp³-hybridized carbons (Fsp3) is 0.500. The zero-order valence-electron chi connectivity index (χ0n) is 11.8. The van der Waals surface area contributed by atoms with Gasteiger partial charge >= 0.3 is 5.97 Å². The Balaban J connectivity index is 1.95. The van der Waals surface area contributed by atoms with Crippen LogP contribution in [0.2, 0.25) is 0 Å². The minimum Gasteiger partial charge on any atom is -0.481 e. The van der Waals surface area contributed by atoms with Crippen LogP contribution in [0.4, 0.5) is 0 Å². The minimum absolute atomic E-state index is 0.154. The minimum atomic E-state index is -0.705. The van der Waals surface area contributed by atoms with E-state index in [1.807, 2.05) is 0 Å². The van der Waals surface area contributed by atoms with Crippen LogP contribution >= 0.6 is 11.3 Å². The summed E-state index contributed by atoms with van der Waals surface area (Å²) >= 11 is 1.74. The molecule has 1 aromatic carbocycles. The Morgan fingerprint density at radius 2 is 2.20 bits per heavy atom. The largest absolute Gasteiger partial charge is 0.481 e. The van der Waals surface area contributed by atoms with Gasteiger partial charge in [-0.1, -0.05) is 19.9 Å². The Morgan fingerprint density at radius 1 is 1.45 bits per heavy atom. The van der Waals surface area contributed by atoms with Gasteiger partial charge in [0.25, 0.3) is 0 Å². The summed E-state index contributed by atoms with van der Waals surface area (Å²) in [7, 11) is 0. The Kier molecular flexibility index (Phi) is 3.50. The second kappa shape index (κ2) is 5.17. The van der Waals surface area contributed by atoms with Gasteiger partial charge in [-0.05, 0) is 42.4 Å². The number of rotatable bonds is 5. The fourth-order valence-electron chi connectivity index (χ4n) is 2.68. The molecule has 0 radical (unpaired) electrons. The smallest absolute Gasteiger partial charge is 0.303 e. The number of hydrogen-bond acceptors (Lipinski definition) is 3. The van der Waals surface area contributed by atoms with Crippen molar-refractivity contribution in [2.24, 2.45) is 5.92 Å². The molecule has 4 heteroatoms. The summed E-state index contributed by atoms with van der Waals surface area (Å²) in [4.78, 5) is 15.7. The van der Waals surface area contributed by atoms with E-state index in [4.69, 9.17) is 5.11 Å². The van der Waals surface area contributed by atoms with Crippen molar-refractivity contribution >= 4 is 27.5 Å². The molecule has 3 nitrogen and oxygen atoms in total. The second-order valence-corrected chi connectivity index (χ2v) is 7.04. The number of benzene rings is 1. The molecule has 106 valence electrons. The first-order valence-electron chi connectivity index (χ1n) is 7.16. The van der Waals surface area contributed by atoms with Gasteiger partial charge in [0.15, 0.2) is 0 Å². The van der Waals surface area contributed by atoms with E-state index in [2.05, 4.69) is 37.0 Å². The predicted octanol–water partition coefficient (Wildman–Crippen LogP) is 4.39. The highest BCUT2D eigenvalue weighted by atomic mass is 32.1. The van der Waals surface area contributed by atoms with Crippen LogP contribution in [0.25, 0.3) is 10.2 Å². The Labute approximate surface area is 122 Å². The maximum Gasteiger partial charge on any atom is 0.303 e. The molecule has 20 heavy (non-hydrogen) atoms. The van der Waals surface area contributed by atoms with Crippen molar-refractivity contribution in [3.8, 4) is 0 Å². The molecule has 1 N–H and O–H groups in total. The highest BCUT2D eigenvalue weighted by Gasteiger charge is 2.33. The number of carboxylic acid groups (broad SMARTS) is 1. The van der Waals surface area contributed by atoms with Crippen LogP contribution in [-0.4, -0.2) is 16.1 Å². The molecule has 1 aliphatic carbocycles. The quantitative estimate of drug-likeness (QED) is 0.888. The topological polar surface area (TPSA) is 50.2 Å². The highest BCUT2D eigenvalue weighted by molar-refractivity contribution is 7.18. The van der Waals surface area contributed by atoms with Crippen molar-refractivity contribution in [1.82, 2.24) is 4.98 Å². The molecule has 1 aromatic heterocycles. The van der Waals surface area contributed by atoms with Gasteiger partial charge in [0.05, 0.1) is 21.6 Å². The lowest BCUT2D eigenvalue weighted by molar-refractivity contribution is -0.137. The summed E-state index contributed by atoms with van der Waals surface area (Å²) in [6.45, 7) is 4.30. The molecule has 0 amide bonds. The van der Waals surface area contributed by atoms with Crippen LogP contribution < -0.4 is 0 Å². The molecule has 0 aliphatic heterocycles. The average molecular weight is 289 g/mol. The third kappa shape index (κ3) is 2.70. The van der Waals surface area contributed by atoms with Crippen LogP contribution in [0.15, 0.2) is 18.2 Å². The van der Waals surface area contributed by atoms with E-state index in [9.17, 15) is 4.79 Å². The van der Waals surface area contributed by atoms with Crippen LogP contribution in [0.3, 0.4) is 0 Å². The van der Waals surface area contributed by atoms with Gasteiger partial charge in [0, 0.05) is 5.92 Å². The Hall–Kier alpha value is -1.42. The number of fused-ring (bicyclic) bond motifs is 1. The summed E-state index contributed by atoms with van der Waals surface area (Å²) in [6.07, 6.45) is 2.55. The Morgan fingerprint density at radius 3 is 2.80 bits per heavy atom. The van der Waals surface area contributed by atoms with Crippen molar-refractivity contribution in [2.45, 2.75) is 44.9 Å². The van der Waals surface area contributed by atoms with E-state index in [-0.39, 0.29) is 12.3 Å². The number of aromatic nitrogens is 1. The first kappa shape index (κ1) is 13.6. The third-order valence-electron chi connectivity index (χ3n) is 3.94. The zero-order valence-corrected chi connectivity index (χ0v) is 12.6. The van der Waals surface area contributed by atoms with Crippen molar-refractivity contribution in [3.63, 3.8) is 0 Å². The van der Waals surface area contributed by atoms with Crippen molar-refractivity contribution < 1.29 is 9.90 Å². The van der Waals surface area contributed by atoms with Gasteiger partial charge in [-0.3, -0.25) is 4.79 Å². The number of hydrogen-bond donors (Lipinski definition) is 1. The van der Waals surface area contributed by atoms with Crippen LogP contribution in [0.5, 0.6) is 0 Å².